The molecule has 1 aliphatic rings. The second-order valence-electron chi connectivity index (χ2n) is 4.50. The molecule has 6 heteroatoms. The average Bonchev–Trinajstić information content (AvgIpc) is 3.04. The van der Waals surface area contributed by atoms with E-state index >= 15 is 0 Å². The minimum absolute atomic E-state index is 0.0154. The van der Waals surface area contributed by atoms with Crippen LogP contribution in [-0.2, 0) is 4.79 Å². The SMILES string of the molecule is O=C(CSc1ncccn1)N1CCC(c2ccccc2)=N1. The molecule has 0 bridgehead atoms. The van der Waals surface area contributed by atoms with Crippen LogP contribution in [0.2, 0.25) is 0 Å². The van der Waals surface area contributed by atoms with E-state index < -0.39 is 0 Å². The van der Waals surface area contributed by atoms with Crippen LogP contribution in [0, 0.1) is 0 Å². The Morgan fingerprint density at radius 2 is 1.90 bits per heavy atom. The monoisotopic (exact) mass is 298 g/mol. The van der Waals surface area contributed by atoms with Gasteiger partial charge in [0.25, 0.3) is 5.91 Å². The summed E-state index contributed by atoms with van der Waals surface area (Å²) in [5.41, 5.74) is 2.04. The van der Waals surface area contributed by atoms with Crippen LogP contribution in [0.5, 0.6) is 0 Å². The molecule has 21 heavy (non-hydrogen) atoms. The van der Waals surface area contributed by atoms with E-state index in [-0.39, 0.29) is 5.91 Å². The number of thioether (sulfide) groups is 1. The number of nitrogens with zero attached hydrogens (tertiary/aromatic N) is 4. The van der Waals surface area contributed by atoms with Crippen LogP contribution in [0.4, 0.5) is 0 Å². The van der Waals surface area contributed by atoms with Gasteiger partial charge in [-0.15, -0.1) is 0 Å². The van der Waals surface area contributed by atoms with Gasteiger partial charge in [0.15, 0.2) is 5.16 Å². The molecular weight excluding hydrogens is 284 g/mol. The summed E-state index contributed by atoms with van der Waals surface area (Å²) < 4.78 is 0. The molecule has 0 fully saturated rings. The molecule has 0 spiro atoms. The lowest BCUT2D eigenvalue weighted by Crippen LogP contribution is -2.25. The molecule has 0 unspecified atom stereocenters. The zero-order valence-corrected chi connectivity index (χ0v) is 12.2. The molecule has 106 valence electrons. The summed E-state index contributed by atoms with van der Waals surface area (Å²) in [6.45, 7) is 0.638. The van der Waals surface area contributed by atoms with Crippen molar-refractivity contribution < 1.29 is 4.79 Å². The van der Waals surface area contributed by atoms with Crippen molar-refractivity contribution in [3.8, 4) is 0 Å². The lowest BCUT2D eigenvalue weighted by Gasteiger charge is -2.10. The van der Waals surface area contributed by atoms with Crippen molar-refractivity contribution in [2.75, 3.05) is 12.3 Å². The third-order valence-electron chi connectivity index (χ3n) is 3.06. The third-order valence-corrected chi connectivity index (χ3v) is 3.92. The van der Waals surface area contributed by atoms with Crippen LogP contribution in [0.15, 0.2) is 59.0 Å². The number of hydrogen-bond donors (Lipinski definition) is 0. The molecule has 0 radical (unpaired) electrons. The Morgan fingerprint density at radius 1 is 1.14 bits per heavy atom. The van der Waals surface area contributed by atoms with E-state index in [1.807, 2.05) is 30.3 Å². The van der Waals surface area contributed by atoms with E-state index in [1.165, 1.54) is 16.8 Å². The van der Waals surface area contributed by atoms with Crippen LogP contribution in [0.3, 0.4) is 0 Å². The van der Waals surface area contributed by atoms with Gasteiger partial charge in [-0.3, -0.25) is 4.79 Å². The first-order valence-electron chi connectivity index (χ1n) is 6.66. The van der Waals surface area contributed by atoms with Crippen molar-refractivity contribution in [2.45, 2.75) is 11.6 Å². The highest BCUT2D eigenvalue weighted by atomic mass is 32.2. The van der Waals surface area contributed by atoms with Crippen LogP contribution in [0.1, 0.15) is 12.0 Å². The number of carbonyl (C=O) groups is 1. The molecule has 0 aliphatic carbocycles. The summed E-state index contributed by atoms with van der Waals surface area (Å²) in [5.74, 6) is 0.286. The van der Waals surface area contributed by atoms with Crippen molar-refractivity contribution in [1.29, 1.82) is 0 Å². The van der Waals surface area contributed by atoms with Crippen LogP contribution < -0.4 is 0 Å². The van der Waals surface area contributed by atoms with E-state index in [4.69, 9.17) is 0 Å². The van der Waals surface area contributed by atoms with E-state index in [9.17, 15) is 4.79 Å². The molecule has 0 saturated carbocycles. The Bertz CT molecular complexity index is 645. The summed E-state index contributed by atoms with van der Waals surface area (Å²) in [4.78, 5) is 20.3. The molecular formula is C15H14N4OS. The summed E-state index contributed by atoms with van der Waals surface area (Å²) in [5, 5.41) is 6.57. The standard InChI is InChI=1S/C15H14N4OS/c20-14(11-21-15-16-8-4-9-17-15)19-10-7-13(18-19)12-5-2-1-3-6-12/h1-6,8-9H,7,10-11H2. The smallest absolute Gasteiger partial charge is 0.253 e. The van der Waals surface area contributed by atoms with E-state index in [0.717, 1.165) is 17.7 Å². The maximum absolute atomic E-state index is 12.1. The number of carbonyl (C=O) groups excluding carboxylic acids is 1. The second-order valence-corrected chi connectivity index (χ2v) is 5.44. The zero-order valence-electron chi connectivity index (χ0n) is 11.3. The quantitative estimate of drug-likeness (QED) is 0.641. The first-order chi connectivity index (χ1) is 10.3. The molecule has 3 rings (SSSR count). The number of benzene rings is 1. The van der Waals surface area contributed by atoms with Crippen molar-refractivity contribution in [1.82, 2.24) is 15.0 Å². The van der Waals surface area contributed by atoms with Crippen LogP contribution in [-0.4, -0.2) is 38.9 Å². The molecule has 2 heterocycles. The normalized spacial score (nSPS) is 14.1. The van der Waals surface area contributed by atoms with E-state index in [1.54, 1.807) is 18.5 Å². The number of hydrazone groups is 1. The van der Waals surface area contributed by atoms with Gasteiger partial charge in [-0.1, -0.05) is 42.1 Å². The Morgan fingerprint density at radius 3 is 2.67 bits per heavy atom. The van der Waals surface area contributed by atoms with Gasteiger partial charge in [-0.05, 0) is 11.6 Å². The van der Waals surface area contributed by atoms with Crippen molar-refractivity contribution in [2.24, 2.45) is 5.10 Å². The topological polar surface area (TPSA) is 58.5 Å². The summed E-state index contributed by atoms with van der Waals surface area (Å²) in [6.07, 6.45) is 4.13. The summed E-state index contributed by atoms with van der Waals surface area (Å²) in [7, 11) is 0. The fraction of sp³-hybridized carbons (Fsp3) is 0.200. The second kappa shape index (κ2) is 6.49. The summed E-state index contributed by atoms with van der Waals surface area (Å²) >= 11 is 1.33. The Kier molecular flexibility index (Phi) is 4.25. The van der Waals surface area contributed by atoms with Gasteiger partial charge >= 0.3 is 0 Å². The number of aromatic nitrogens is 2. The van der Waals surface area contributed by atoms with Gasteiger partial charge in [-0.25, -0.2) is 15.0 Å². The predicted molar refractivity (Wildman–Crippen MR) is 82.1 cm³/mol. The van der Waals surface area contributed by atoms with Crippen LogP contribution >= 0.6 is 11.8 Å². The van der Waals surface area contributed by atoms with E-state index in [0.29, 0.717) is 17.5 Å². The molecule has 1 amide bonds. The first-order valence-corrected chi connectivity index (χ1v) is 7.64. The number of rotatable bonds is 4. The molecule has 2 aromatic rings. The summed E-state index contributed by atoms with van der Waals surface area (Å²) in [6, 6.07) is 11.7. The fourth-order valence-electron chi connectivity index (χ4n) is 2.03. The van der Waals surface area contributed by atoms with Gasteiger partial charge in [0, 0.05) is 18.8 Å². The average molecular weight is 298 g/mol. The number of hydrogen-bond acceptors (Lipinski definition) is 5. The Balaban J connectivity index is 1.60. The third kappa shape index (κ3) is 3.46. The van der Waals surface area contributed by atoms with Gasteiger partial charge in [0.05, 0.1) is 18.0 Å². The molecule has 0 saturated heterocycles. The van der Waals surface area contributed by atoms with Gasteiger partial charge in [0.1, 0.15) is 0 Å². The minimum Gasteiger partial charge on any atom is -0.272 e. The fourth-order valence-corrected chi connectivity index (χ4v) is 2.70. The van der Waals surface area contributed by atoms with Gasteiger partial charge in [0.2, 0.25) is 0 Å². The molecule has 0 N–H and O–H groups in total. The maximum Gasteiger partial charge on any atom is 0.253 e. The first kappa shape index (κ1) is 13.8. The minimum atomic E-state index is -0.0154. The molecule has 0 atom stereocenters. The highest BCUT2D eigenvalue weighted by Gasteiger charge is 2.21. The van der Waals surface area contributed by atoms with Crippen molar-refractivity contribution in [3.05, 3.63) is 54.4 Å². The van der Waals surface area contributed by atoms with Crippen molar-refractivity contribution in [3.63, 3.8) is 0 Å². The molecule has 1 aromatic heterocycles. The highest BCUT2D eigenvalue weighted by Crippen LogP contribution is 2.17. The maximum atomic E-state index is 12.1. The van der Waals surface area contributed by atoms with Crippen LogP contribution in [0.25, 0.3) is 0 Å². The lowest BCUT2D eigenvalue weighted by molar-refractivity contribution is -0.127. The molecule has 5 nitrogen and oxygen atoms in total. The number of amides is 1. The van der Waals surface area contributed by atoms with E-state index in [2.05, 4.69) is 15.1 Å². The Hall–Kier alpha value is -2.21. The van der Waals surface area contributed by atoms with Gasteiger partial charge in [-0.2, -0.15) is 5.10 Å². The largest absolute Gasteiger partial charge is 0.272 e. The van der Waals surface area contributed by atoms with Crippen molar-refractivity contribution >= 4 is 23.4 Å². The molecule has 1 aliphatic heterocycles. The molecule has 1 aromatic carbocycles. The van der Waals surface area contributed by atoms with Gasteiger partial charge < -0.3 is 0 Å². The zero-order chi connectivity index (χ0) is 14.5. The Labute approximate surface area is 127 Å². The lowest BCUT2D eigenvalue weighted by atomic mass is 10.1. The highest BCUT2D eigenvalue weighted by molar-refractivity contribution is 7.99. The predicted octanol–water partition coefficient (Wildman–Crippen LogP) is 2.21.